The van der Waals surface area contributed by atoms with Gasteiger partial charge in [-0.3, -0.25) is 4.90 Å². The Morgan fingerprint density at radius 3 is 1.15 bits per heavy atom. The van der Waals surface area contributed by atoms with Crippen LogP contribution in [0.4, 0.5) is 0 Å². The van der Waals surface area contributed by atoms with Crippen molar-refractivity contribution in [1.29, 1.82) is 0 Å². The van der Waals surface area contributed by atoms with E-state index in [0.29, 0.717) is 12.8 Å². The molecule has 0 spiro atoms. The van der Waals surface area contributed by atoms with Gasteiger partial charge in [0.2, 0.25) is 0 Å². The van der Waals surface area contributed by atoms with E-state index >= 15 is 0 Å². The van der Waals surface area contributed by atoms with Gasteiger partial charge < -0.3 is 100.0 Å². The lowest BCUT2D eigenvalue weighted by atomic mass is 9.93. The van der Waals surface area contributed by atoms with E-state index in [1.165, 1.54) is 278 Å². The first-order valence-electron chi connectivity index (χ1n) is 40.8. The fourth-order valence-corrected chi connectivity index (χ4v) is 18.1. The molecule has 0 amide bonds. The predicted molar refractivity (Wildman–Crippen MR) is 394 cm³/mol. The van der Waals surface area contributed by atoms with Crippen molar-refractivity contribution < 1.29 is 25.5 Å². The monoisotopic (exact) mass is 1340 g/mol. The molecule has 13 aliphatic heterocycles. The molecule has 16 rings (SSSR count). The van der Waals surface area contributed by atoms with Crippen LogP contribution in [0.1, 0.15) is 219 Å². The highest BCUT2D eigenvalue weighted by Gasteiger charge is 2.33. The Bertz CT molecular complexity index is 1550. The molecule has 0 aromatic heterocycles. The summed E-state index contributed by atoms with van der Waals surface area (Å²) in [6, 6.07) is 6.15. The van der Waals surface area contributed by atoms with Crippen LogP contribution in [-0.2, 0) is 0 Å². The number of aliphatic hydroxyl groups is 5. The van der Waals surface area contributed by atoms with Crippen molar-refractivity contribution in [1.82, 2.24) is 79.3 Å². The Labute approximate surface area is 580 Å². The molecule has 3 saturated carbocycles. The zero-order chi connectivity index (χ0) is 66.6. The third kappa shape index (κ3) is 33.5. The lowest BCUT2D eigenvalue weighted by Gasteiger charge is -2.25. The maximum Gasteiger partial charge on any atom is 0.0584 e. The van der Waals surface area contributed by atoms with Crippen LogP contribution in [0.15, 0.2) is 0 Å². The molecule has 20 heteroatoms. The Morgan fingerprint density at radius 2 is 0.758 bits per heavy atom. The molecule has 0 bridgehead atoms. The van der Waals surface area contributed by atoms with E-state index in [2.05, 4.69) is 86.3 Å². The van der Waals surface area contributed by atoms with Gasteiger partial charge in [0.15, 0.2) is 0 Å². The van der Waals surface area contributed by atoms with Gasteiger partial charge in [-0.05, 0) is 307 Å². The standard InChI is InChI=1S/2C9H18N2.C9H17N.C8H16N2.C8H18N2.2C7H13N.C6H14N2O.2C6H13NO2/c1-3-10-6-8(1)5-9-2-4-11-7-9;1-3-8(10-5-1)7-9-4-2-6-11-9;1-2-5-8(4-1)9-6-3-7-10-9;1-2-8(10-4-1)7-3-5-9-6-7;1-2-3-6-9-8-5-4-7-10-8;2*1-2-6-4-5-8-7(6)3-1;9-6-5-8-3-1-7-2-4-8;2*8-3-5-1-2-6(4-9)7-5/h2*8-11H,1-7H2;8-10H,1-7H2;7-10H,1-6H2;8-10H,2-7H2,1H3;2*6-8H,1-5H2;7,9H,1-6H2;2*5-9H,1-4H2. The SMILES string of the molecule is C1CC(CC2CCNC2)CN1.C1CC2CCNC2C1.C1CC2CCNC2C1.C1CCC(C2CCCN2)C1.C1CNC(C2CCNC2)C1.C1CNC(CC2CCCN2)C1.CCCCNC1CCCN1.OCC1CCC(CO)N1.OCC1CCC(CO)N1.OCCN1CCNCC1. The number of nitrogens with zero attached hydrogens (tertiary/aromatic N) is 1. The molecule has 0 radical (unpaired) electrons. The van der Waals surface area contributed by atoms with Crippen molar-refractivity contribution in [2.45, 2.75) is 285 Å². The molecule has 0 aromatic carbocycles. The summed E-state index contributed by atoms with van der Waals surface area (Å²) in [6.07, 6.45) is 45.8. The number of piperazine rings is 1. The van der Waals surface area contributed by atoms with E-state index in [-0.39, 0.29) is 50.6 Å². The predicted octanol–water partition coefficient (Wildman–Crippen LogP) is 4.20. The minimum Gasteiger partial charge on any atom is -0.395 e. The lowest BCUT2D eigenvalue weighted by Crippen LogP contribution is -2.44. The van der Waals surface area contributed by atoms with Crippen LogP contribution in [0.5, 0.6) is 0 Å². The maximum absolute atomic E-state index is 8.64. The molecule has 16 atom stereocenters. The van der Waals surface area contributed by atoms with Gasteiger partial charge in [-0.1, -0.05) is 39.0 Å². The second kappa shape index (κ2) is 51.4. The Hall–Kier alpha value is -0.800. The van der Waals surface area contributed by atoms with Crippen molar-refractivity contribution in [2.75, 3.05) is 157 Å². The topological polar surface area (TPSA) is 273 Å². The van der Waals surface area contributed by atoms with Crippen LogP contribution < -0.4 is 74.4 Å². The first-order chi connectivity index (χ1) is 46.9. The summed E-state index contributed by atoms with van der Waals surface area (Å²) >= 11 is 0. The van der Waals surface area contributed by atoms with Gasteiger partial charge in [-0.25, -0.2) is 0 Å². The van der Waals surface area contributed by atoms with Gasteiger partial charge >= 0.3 is 0 Å². The zero-order valence-corrected chi connectivity index (χ0v) is 60.8. The third-order valence-electron chi connectivity index (χ3n) is 24.0. The number of hydrogen-bond donors (Lipinski definition) is 19. The molecule has 95 heavy (non-hydrogen) atoms. The fourth-order valence-electron chi connectivity index (χ4n) is 18.1. The van der Waals surface area contributed by atoms with E-state index in [1.54, 1.807) is 0 Å². The Balaban J connectivity index is 0.000000149. The van der Waals surface area contributed by atoms with Crippen LogP contribution in [0.2, 0.25) is 0 Å². The van der Waals surface area contributed by atoms with Gasteiger partial charge in [-0.2, -0.15) is 0 Å². The number of fused-ring (bicyclic) bond motifs is 2. The number of aliphatic hydroxyl groups excluding tert-OH is 5. The highest BCUT2D eigenvalue weighted by molar-refractivity contribution is 4.91. The molecule has 20 nitrogen and oxygen atoms in total. The van der Waals surface area contributed by atoms with E-state index in [4.69, 9.17) is 25.5 Å². The number of unbranched alkanes of at least 4 members (excludes halogenated alkanes) is 1. The van der Waals surface area contributed by atoms with Gasteiger partial charge in [0.1, 0.15) is 0 Å². The Morgan fingerprint density at radius 1 is 0.337 bits per heavy atom. The normalized spacial score (nSPS) is 35.9. The van der Waals surface area contributed by atoms with Crippen molar-refractivity contribution in [3.63, 3.8) is 0 Å². The molecule has 13 heterocycles. The first-order valence-corrected chi connectivity index (χ1v) is 40.8. The minimum absolute atomic E-state index is 0.191. The average molecular weight is 1350 g/mol. The van der Waals surface area contributed by atoms with Gasteiger partial charge in [0.05, 0.1) is 39.2 Å². The molecule has 16 unspecified atom stereocenters. The van der Waals surface area contributed by atoms with Gasteiger partial charge in [0.25, 0.3) is 0 Å². The third-order valence-corrected chi connectivity index (χ3v) is 24.0. The molecule has 3 aliphatic carbocycles. The number of hydrogen-bond acceptors (Lipinski definition) is 20. The number of β-amino-alcohol motifs (C(OH)–C–C–N with tert-alkyl or cyclic N) is 1. The Kier molecular flexibility index (Phi) is 44.1. The first kappa shape index (κ1) is 81.5. The fraction of sp³-hybridized carbons (Fsp3) is 1.00. The molecular formula is C75H153N15O5. The van der Waals surface area contributed by atoms with Crippen molar-refractivity contribution in [3.8, 4) is 0 Å². The minimum atomic E-state index is 0.191. The van der Waals surface area contributed by atoms with E-state index in [9.17, 15) is 0 Å². The summed E-state index contributed by atoms with van der Waals surface area (Å²) in [5.74, 6) is 6.08. The highest BCUT2D eigenvalue weighted by Crippen LogP contribution is 2.33. The summed E-state index contributed by atoms with van der Waals surface area (Å²) in [6.45, 7) is 25.9. The van der Waals surface area contributed by atoms with Gasteiger partial charge in [-0.15, -0.1) is 0 Å². The molecule has 16 fully saturated rings. The van der Waals surface area contributed by atoms with E-state index in [1.807, 2.05) is 0 Å². The largest absolute Gasteiger partial charge is 0.395 e. The highest BCUT2D eigenvalue weighted by atomic mass is 16.3. The average Bonchev–Trinajstić information content (AvgIpc) is 2.46. The quantitative estimate of drug-likeness (QED) is 0.0965. The van der Waals surface area contributed by atoms with Crippen LogP contribution >= 0.6 is 0 Å². The summed E-state index contributed by atoms with van der Waals surface area (Å²) in [5, 5.41) is 90.9. The van der Waals surface area contributed by atoms with Crippen LogP contribution in [-0.4, -0.2) is 254 Å². The van der Waals surface area contributed by atoms with E-state index in [0.717, 1.165) is 130 Å². The van der Waals surface area contributed by atoms with Gasteiger partial charge in [0, 0.05) is 93.1 Å². The second-order valence-electron chi connectivity index (χ2n) is 31.3. The van der Waals surface area contributed by atoms with E-state index < -0.39 is 0 Å². The number of rotatable bonds is 16. The summed E-state index contributed by atoms with van der Waals surface area (Å²) in [5.41, 5.74) is 0. The van der Waals surface area contributed by atoms with Crippen molar-refractivity contribution in [2.24, 2.45) is 35.5 Å². The number of nitrogens with one attached hydrogen (secondary N) is 14. The second-order valence-corrected chi connectivity index (χ2v) is 31.3. The summed E-state index contributed by atoms with van der Waals surface area (Å²) in [4.78, 5) is 2.26. The smallest absolute Gasteiger partial charge is 0.0584 e. The van der Waals surface area contributed by atoms with Crippen molar-refractivity contribution in [3.05, 3.63) is 0 Å². The van der Waals surface area contributed by atoms with Crippen molar-refractivity contribution >= 4 is 0 Å². The summed E-state index contributed by atoms with van der Waals surface area (Å²) in [7, 11) is 0. The van der Waals surface area contributed by atoms with Crippen LogP contribution in [0, 0.1) is 35.5 Å². The molecule has 13 saturated heterocycles. The zero-order valence-electron chi connectivity index (χ0n) is 60.8. The molecular weight excluding hydrogens is 1190 g/mol. The molecule has 558 valence electrons. The maximum atomic E-state index is 8.64. The van der Waals surface area contributed by atoms with Crippen LogP contribution in [0.25, 0.3) is 0 Å². The molecule has 19 N–H and O–H groups in total. The molecule has 16 aliphatic rings. The lowest BCUT2D eigenvalue weighted by molar-refractivity contribution is 0.180. The van der Waals surface area contributed by atoms with Crippen LogP contribution in [0.3, 0.4) is 0 Å². The summed E-state index contributed by atoms with van der Waals surface area (Å²) < 4.78 is 0. The molecule has 0 aromatic rings.